The van der Waals surface area contributed by atoms with Gasteiger partial charge in [0.2, 0.25) is 5.91 Å². The average Bonchev–Trinajstić information content (AvgIpc) is 3.22. The Kier molecular flexibility index (Phi) is 4.34. The molecule has 0 aliphatic heterocycles. The smallest absolute Gasteiger partial charge is 0.226 e. The van der Waals surface area contributed by atoms with Gasteiger partial charge in [0.1, 0.15) is 0 Å². The predicted molar refractivity (Wildman–Crippen MR) is 81.1 cm³/mol. The third-order valence-corrected chi connectivity index (χ3v) is 6.14. The van der Waals surface area contributed by atoms with E-state index in [0.29, 0.717) is 23.8 Å². The molecule has 0 bridgehead atoms. The van der Waals surface area contributed by atoms with Gasteiger partial charge in [-0.25, -0.2) is 0 Å². The van der Waals surface area contributed by atoms with Crippen LogP contribution < -0.4 is 5.73 Å². The molecule has 2 N–H and O–H groups in total. The summed E-state index contributed by atoms with van der Waals surface area (Å²) in [4.78, 5) is 15.2. The average molecular weight is 278 g/mol. The molecule has 3 rings (SSSR count). The zero-order valence-electron chi connectivity index (χ0n) is 12.9. The highest BCUT2D eigenvalue weighted by molar-refractivity contribution is 5.82. The van der Waals surface area contributed by atoms with Gasteiger partial charge < -0.3 is 10.6 Å². The second kappa shape index (κ2) is 6.05. The Balaban J connectivity index is 1.67. The van der Waals surface area contributed by atoms with E-state index < -0.39 is 0 Å². The van der Waals surface area contributed by atoms with Gasteiger partial charge in [0, 0.05) is 18.5 Å². The maximum absolute atomic E-state index is 12.9. The quantitative estimate of drug-likeness (QED) is 0.859. The van der Waals surface area contributed by atoms with Gasteiger partial charge in [0.05, 0.1) is 0 Å². The summed E-state index contributed by atoms with van der Waals surface area (Å²) < 4.78 is 0. The molecule has 3 aliphatic rings. The lowest BCUT2D eigenvalue weighted by molar-refractivity contribution is -0.137. The highest BCUT2D eigenvalue weighted by atomic mass is 16.2. The fourth-order valence-electron chi connectivity index (χ4n) is 4.98. The van der Waals surface area contributed by atoms with Crippen molar-refractivity contribution >= 4 is 5.91 Å². The van der Waals surface area contributed by atoms with Crippen LogP contribution in [0.25, 0.3) is 0 Å². The largest absolute Gasteiger partial charge is 0.339 e. The highest BCUT2D eigenvalue weighted by Crippen LogP contribution is 2.56. The second-order valence-corrected chi connectivity index (χ2v) is 7.11. The van der Waals surface area contributed by atoms with Crippen LogP contribution in [0, 0.1) is 23.7 Å². The number of nitrogens with zero attached hydrogens (tertiary/aromatic N) is 1. The minimum absolute atomic E-state index is 0.373. The topological polar surface area (TPSA) is 46.3 Å². The molecule has 3 fully saturated rings. The molecule has 0 radical (unpaired) electrons. The Morgan fingerprint density at radius 2 is 1.65 bits per heavy atom. The zero-order valence-corrected chi connectivity index (χ0v) is 12.9. The maximum atomic E-state index is 12.9. The highest BCUT2D eigenvalue weighted by Gasteiger charge is 2.56. The molecule has 3 nitrogen and oxygen atoms in total. The molecule has 3 heteroatoms. The Hall–Kier alpha value is -0.570. The van der Waals surface area contributed by atoms with Crippen molar-refractivity contribution < 1.29 is 4.79 Å². The summed E-state index contributed by atoms with van der Waals surface area (Å²) in [5, 5.41) is 0. The molecule has 114 valence electrons. The first kappa shape index (κ1) is 14.4. The molecule has 20 heavy (non-hydrogen) atoms. The van der Waals surface area contributed by atoms with Crippen LogP contribution in [0.15, 0.2) is 0 Å². The van der Waals surface area contributed by atoms with Crippen molar-refractivity contribution in [1.82, 2.24) is 4.90 Å². The molecule has 1 amide bonds. The van der Waals surface area contributed by atoms with Crippen molar-refractivity contribution in [2.75, 3.05) is 13.1 Å². The molecular formula is C17H30N2O. The van der Waals surface area contributed by atoms with E-state index in [1.807, 2.05) is 0 Å². The third-order valence-electron chi connectivity index (χ3n) is 6.14. The Labute approximate surface area is 123 Å². The van der Waals surface area contributed by atoms with E-state index in [2.05, 4.69) is 11.8 Å². The van der Waals surface area contributed by atoms with Crippen LogP contribution in [0.1, 0.15) is 58.3 Å². The summed E-state index contributed by atoms with van der Waals surface area (Å²) in [6.45, 7) is 3.76. The second-order valence-electron chi connectivity index (χ2n) is 7.11. The Bertz CT molecular complexity index is 345. The molecule has 4 atom stereocenters. The van der Waals surface area contributed by atoms with E-state index in [-0.39, 0.29) is 0 Å². The van der Waals surface area contributed by atoms with E-state index in [0.717, 1.165) is 24.9 Å². The number of rotatable bonds is 4. The lowest BCUT2D eigenvalue weighted by atomic mass is 9.83. The lowest BCUT2D eigenvalue weighted by Gasteiger charge is -2.39. The van der Waals surface area contributed by atoms with Gasteiger partial charge in [-0.1, -0.05) is 25.7 Å². The standard InChI is InChI=1S/C17H30N2O/c1-2-19(15-10-6-3-7-12(15)11-18)17(20)16-13-8-4-5-9-14(13)16/h12-16H,2-11,18H2,1H3. The van der Waals surface area contributed by atoms with Crippen molar-refractivity contribution in [3.8, 4) is 0 Å². The van der Waals surface area contributed by atoms with Gasteiger partial charge in [-0.15, -0.1) is 0 Å². The fourth-order valence-corrected chi connectivity index (χ4v) is 4.98. The van der Waals surface area contributed by atoms with E-state index in [1.165, 1.54) is 51.4 Å². The number of fused-ring (bicyclic) bond motifs is 1. The van der Waals surface area contributed by atoms with Crippen molar-refractivity contribution in [2.24, 2.45) is 29.4 Å². The van der Waals surface area contributed by atoms with Crippen LogP contribution in [0.2, 0.25) is 0 Å². The minimum Gasteiger partial charge on any atom is -0.339 e. The number of nitrogens with two attached hydrogens (primary N) is 1. The number of hydrogen-bond acceptors (Lipinski definition) is 2. The molecule has 0 aromatic carbocycles. The summed E-state index contributed by atoms with van der Waals surface area (Å²) in [6.07, 6.45) is 10.2. The van der Waals surface area contributed by atoms with E-state index in [4.69, 9.17) is 5.73 Å². The van der Waals surface area contributed by atoms with Gasteiger partial charge in [0.25, 0.3) is 0 Å². The van der Waals surface area contributed by atoms with Gasteiger partial charge in [0.15, 0.2) is 0 Å². The molecule has 3 saturated carbocycles. The van der Waals surface area contributed by atoms with Crippen molar-refractivity contribution in [1.29, 1.82) is 0 Å². The van der Waals surface area contributed by atoms with Gasteiger partial charge in [-0.05, 0) is 56.9 Å². The van der Waals surface area contributed by atoms with Gasteiger partial charge in [-0.3, -0.25) is 4.79 Å². The first-order chi connectivity index (χ1) is 9.77. The molecule has 0 saturated heterocycles. The van der Waals surface area contributed by atoms with Crippen LogP contribution in [0.4, 0.5) is 0 Å². The molecule has 3 aliphatic carbocycles. The summed E-state index contributed by atoms with van der Waals surface area (Å²) in [5.41, 5.74) is 5.96. The fraction of sp³-hybridized carbons (Fsp3) is 0.941. The molecule has 0 aromatic heterocycles. The number of hydrogen-bond donors (Lipinski definition) is 1. The van der Waals surface area contributed by atoms with Crippen LogP contribution in [0.3, 0.4) is 0 Å². The summed E-state index contributed by atoms with van der Waals surface area (Å²) in [7, 11) is 0. The Morgan fingerprint density at radius 1 is 1.05 bits per heavy atom. The van der Waals surface area contributed by atoms with Crippen LogP contribution in [-0.4, -0.2) is 29.9 Å². The number of carbonyl (C=O) groups excluding carboxylic acids is 1. The van der Waals surface area contributed by atoms with Crippen molar-refractivity contribution in [3.05, 3.63) is 0 Å². The summed E-state index contributed by atoms with van der Waals surface area (Å²) >= 11 is 0. The maximum Gasteiger partial charge on any atom is 0.226 e. The molecule has 0 aromatic rings. The van der Waals surface area contributed by atoms with E-state index in [9.17, 15) is 4.79 Å². The molecule has 4 unspecified atom stereocenters. The van der Waals surface area contributed by atoms with Crippen LogP contribution in [0.5, 0.6) is 0 Å². The summed E-state index contributed by atoms with van der Waals surface area (Å²) in [6, 6.07) is 0.425. The van der Waals surface area contributed by atoms with Crippen LogP contribution in [-0.2, 0) is 4.79 Å². The van der Waals surface area contributed by atoms with Gasteiger partial charge >= 0.3 is 0 Å². The van der Waals surface area contributed by atoms with E-state index >= 15 is 0 Å². The first-order valence-corrected chi connectivity index (χ1v) is 8.78. The first-order valence-electron chi connectivity index (χ1n) is 8.78. The van der Waals surface area contributed by atoms with E-state index in [1.54, 1.807) is 0 Å². The number of carbonyl (C=O) groups is 1. The SMILES string of the molecule is CCN(C(=O)C1C2CCCCC21)C1CCCCC1CN. The minimum atomic E-state index is 0.373. The molecular weight excluding hydrogens is 248 g/mol. The monoisotopic (exact) mass is 278 g/mol. The molecule has 0 spiro atoms. The van der Waals surface area contributed by atoms with Gasteiger partial charge in [-0.2, -0.15) is 0 Å². The van der Waals surface area contributed by atoms with Crippen molar-refractivity contribution in [3.63, 3.8) is 0 Å². The lowest BCUT2D eigenvalue weighted by Crippen LogP contribution is -2.48. The summed E-state index contributed by atoms with van der Waals surface area (Å²) in [5.74, 6) is 2.83. The molecule has 0 heterocycles. The zero-order chi connectivity index (χ0) is 14.1. The number of amides is 1. The van der Waals surface area contributed by atoms with Crippen LogP contribution >= 0.6 is 0 Å². The third kappa shape index (κ3) is 2.49. The van der Waals surface area contributed by atoms with Crippen molar-refractivity contribution in [2.45, 2.75) is 64.3 Å². The normalized spacial score (nSPS) is 40.0. The predicted octanol–water partition coefficient (Wildman–Crippen LogP) is 2.79. The Morgan fingerprint density at radius 3 is 2.25 bits per heavy atom.